The number of anilines is 1. The van der Waals surface area contributed by atoms with Crippen molar-refractivity contribution in [3.63, 3.8) is 0 Å². The average molecular weight is 336 g/mol. The Bertz CT molecular complexity index is 810. The number of furan rings is 1. The van der Waals surface area contributed by atoms with Gasteiger partial charge in [0.25, 0.3) is 0 Å². The highest BCUT2D eigenvalue weighted by Crippen LogP contribution is 2.30. The van der Waals surface area contributed by atoms with E-state index in [4.69, 9.17) is 9.52 Å². The first-order valence-corrected chi connectivity index (χ1v) is 8.60. The van der Waals surface area contributed by atoms with Crippen molar-refractivity contribution in [2.45, 2.75) is 30.3 Å². The van der Waals surface area contributed by atoms with Crippen LogP contribution in [0.1, 0.15) is 29.0 Å². The van der Waals surface area contributed by atoms with Gasteiger partial charge in [0.1, 0.15) is 10.7 Å². The first-order valence-electron chi connectivity index (χ1n) is 7.11. The fourth-order valence-corrected chi connectivity index (χ4v) is 3.29. The summed E-state index contributed by atoms with van der Waals surface area (Å²) < 4.78 is 32.6. The van der Waals surface area contributed by atoms with Gasteiger partial charge in [-0.15, -0.1) is 0 Å². The Morgan fingerprint density at radius 3 is 2.70 bits per heavy atom. The Balaban J connectivity index is 1.90. The smallest absolute Gasteiger partial charge is 0.335 e. The van der Waals surface area contributed by atoms with Crippen LogP contribution in [0.5, 0.6) is 0 Å². The molecule has 1 aromatic carbocycles. The molecule has 7 nitrogen and oxygen atoms in total. The number of benzene rings is 1. The molecule has 1 aliphatic carbocycles. The summed E-state index contributed by atoms with van der Waals surface area (Å²) in [4.78, 5) is 11.0. The zero-order valence-electron chi connectivity index (χ0n) is 12.2. The van der Waals surface area contributed by atoms with Gasteiger partial charge in [0, 0.05) is 6.04 Å². The summed E-state index contributed by atoms with van der Waals surface area (Å²) in [5.41, 5.74) is 0.328. The second-order valence-electron chi connectivity index (χ2n) is 5.34. The first kappa shape index (κ1) is 15.6. The van der Waals surface area contributed by atoms with Crippen molar-refractivity contribution in [2.24, 2.45) is 0 Å². The average Bonchev–Trinajstić information content (AvgIpc) is 3.16. The van der Waals surface area contributed by atoms with Crippen molar-refractivity contribution in [3.05, 3.63) is 47.9 Å². The topological polar surface area (TPSA) is 109 Å². The first-order chi connectivity index (χ1) is 11.0. The molecule has 1 saturated carbocycles. The summed E-state index contributed by atoms with van der Waals surface area (Å²) in [6.07, 6.45) is 3.40. The highest BCUT2D eigenvalue weighted by molar-refractivity contribution is 7.89. The maximum absolute atomic E-state index is 12.5. The molecule has 0 unspecified atom stereocenters. The lowest BCUT2D eigenvalue weighted by Gasteiger charge is -2.13. The third kappa shape index (κ3) is 3.72. The number of carboxylic acid groups (broad SMARTS) is 1. The normalized spacial score (nSPS) is 14.6. The van der Waals surface area contributed by atoms with Crippen molar-refractivity contribution in [1.82, 2.24) is 4.72 Å². The van der Waals surface area contributed by atoms with E-state index in [1.165, 1.54) is 18.4 Å². The molecular formula is C15H16N2O5S. The van der Waals surface area contributed by atoms with Crippen LogP contribution in [0.2, 0.25) is 0 Å². The maximum Gasteiger partial charge on any atom is 0.335 e. The van der Waals surface area contributed by atoms with Gasteiger partial charge in [0.05, 0.1) is 24.1 Å². The SMILES string of the molecule is O=C(O)c1ccc(NC2CC2)c(S(=O)(=O)NCc2ccco2)c1. The summed E-state index contributed by atoms with van der Waals surface area (Å²) in [5.74, 6) is -0.704. The summed E-state index contributed by atoms with van der Waals surface area (Å²) >= 11 is 0. The van der Waals surface area contributed by atoms with Crippen LogP contribution in [0.4, 0.5) is 5.69 Å². The highest BCUT2D eigenvalue weighted by Gasteiger charge is 2.26. The fraction of sp³-hybridized carbons (Fsp3) is 0.267. The quantitative estimate of drug-likeness (QED) is 0.714. The third-order valence-electron chi connectivity index (χ3n) is 3.47. The van der Waals surface area contributed by atoms with Crippen molar-refractivity contribution >= 4 is 21.7 Å². The molecule has 1 aliphatic rings. The predicted molar refractivity (Wildman–Crippen MR) is 82.8 cm³/mol. The van der Waals surface area contributed by atoms with E-state index >= 15 is 0 Å². The number of carbonyl (C=O) groups is 1. The summed E-state index contributed by atoms with van der Waals surface area (Å²) in [6.45, 7) is -0.00446. The van der Waals surface area contributed by atoms with Gasteiger partial charge in [-0.2, -0.15) is 0 Å². The monoisotopic (exact) mass is 336 g/mol. The van der Waals surface area contributed by atoms with Crippen LogP contribution in [0.15, 0.2) is 45.9 Å². The molecule has 0 aliphatic heterocycles. The van der Waals surface area contributed by atoms with Gasteiger partial charge in [-0.25, -0.2) is 17.9 Å². The summed E-state index contributed by atoms with van der Waals surface area (Å²) in [6, 6.07) is 7.60. The second-order valence-corrected chi connectivity index (χ2v) is 7.07. The number of carboxylic acids is 1. The van der Waals surface area contributed by atoms with E-state index in [1.807, 2.05) is 0 Å². The molecule has 0 saturated heterocycles. The van der Waals surface area contributed by atoms with E-state index in [9.17, 15) is 13.2 Å². The Kier molecular flexibility index (Phi) is 4.10. The second kappa shape index (κ2) is 6.05. The molecule has 23 heavy (non-hydrogen) atoms. The number of sulfonamides is 1. The van der Waals surface area contributed by atoms with E-state index in [0.29, 0.717) is 11.4 Å². The fourth-order valence-electron chi connectivity index (χ4n) is 2.10. The zero-order chi connectivity index (χ0) is 16.4. The molecule has 0 spiro atoms. The lowest BCUT2D eigenvalue weighted by atomic mass is 10.2. The van der Waals surface area contributed by atoms with Crippen LogP contribution in [0.25, 0.3) is 0 Å². The molecular weight excluding hydrogens is 320 g/mol. The Morgan fingerprint density at radius 2 is 2.09 bits per heavy atom. The van der Waals surface area contributed by atoms with Crippen molar-refractivity contribution < 1.29 is 22.7 Å². The molecule has 0 bridgehead atoms. The molecule has 0 amide bonds. The molecule has 3 N–H and O–H groups in total. The van der Waals surface area contributed by atoms with E-state index in [0.717, 1.165) is 18.9 Å². The number of hydrogen-bond acceptors (Lipinski definition) is 5. The molecule has 2 aromatic rings. The van der Waals surface area contributed by atoms with Gasteiger partial charge < -0.3 is 14.8 Å². The van der Waals surface area contributed by atoms with E-state index in [-0.39, 0.29) is 23.0 Å². The van der Waals surface area contributed by atoms with Gasteiger partial charge in [0.15, 0.2) is 0 Å². The number of hydrogen-bond donors (Lipinski definition) is 3. The van der Waals surface area contributed by atoms with Crippen LogP contribution in [0.3, 0.4) is 0 Å². The van der Waals surface area contributed by atoms with Crippen molar-refractivity contribution in [3.8, 4) is 0 Å². The molecule has 8 heteroatoms. The van der Waals surface area contributed by atoms with Crippen molar-refractivity contribution in [1.29, 1.82) is 0 Å². The minimum Gasteiger partial charge on any atom is -0.478 e. The lowest BCUT2D eigenvalue weighted by molar-refractivity contribution is 0.0696. The largest absolute Gasteiger partial charge is 0.478 e. The number of nitrogens with one attached hydrogen (secondary N) is 2. The molecule has 3 rings (SSSR count). The molecule has 1 aromatic heterocycles. The molecule has 1 heterocycles. The highest BCUT2D eigenvalue weighted by atomic mass is 32.2. The molecule has 0 radical (unpaired) electrons. The number of rotatable bonds is 7. The van der Waals surface area contributed by atoms with E-state index < -0.39 is 16.0 Å². The molecule has 0 atom stereocenters. The molecule has 122 valence electrons. The predicted octanol–water partition coefficient (Wildman–Crippen LogP) is 2.03. The van der Waals surface area contributed by atoms with Crippen LogP contribution in [-0.2, 0) is 16.6 Å². The van der Waals surface area contributed by atoms with Crippen LogP contribution in [-0.4, -0.2) is 25.5 Å². The van der Waals surface area contributed by atoms with Crippen molar-refractivity contribution in [2.75, 3.05) is 5.32 Å². The lowest BCUT2D eigenvalue weighted by Crippen LogP contribution is -2.24. The van der Waals surface area contributed by atoms with Gasteiger partial charge in [-0.3, -0.25) is 0 Å². The number of aromatic carboxylic acids is 1. The Morgan fingerprint density at radius 1 is 1.30 bits per heavy atom. The van der Waals surface area contributed by atoms with Gasteiger partial charge in [-0.1, -0.05) is 0 Å². The van der Waals surface area contributed by atoms with Gasteiger partial charge in [-0.05, 0) is 43.2 Å². The zero-order valence-corrected chi connectivity index (χ0v) is 13.0. The minimum atomic E-state index is -3.88. The third-order valence-corrected chi connectivity index (χ3v) is 4.91. The molecule has 1 fully saturated rings. The summed E-state index contributed by atoms with van der Waals surface area (Å²) in [5, 5.41) is 12.2. The van der Waals surface area contributed by atoms with Gasteiger partial charge >= 0.3 is 5.97 Å². The minimum absolute atomic E-state index is 0.00446. The van der Waals surface area contributed by atoms with E-state index in [1.54, 1.807) is 12.1 Å². The Labute approximate surface area is 133 Å². The summed E-state index contributed by atoms with van der Waals surface area (Å²) in [7, 11) is -3.88. The standard InChI is InChI=1S/C15H16N2O5S/c18-15(19)10-3-6-13(17-11-4-5-11)14(8-10)23(20,21)16-9-12-2-1-7-22-12/h1-3,6-8,11,16-17H,4-5,9H2,(H,18,19). The van der Waals surface area contributed by atoms with Crippen LogP contribution < -0.4 is 10.0 Å². The van der Waals surface area contributed by atoms with Crippen LogP contribution >= 0.6 is 0 Å². The maximum atomic E-state index is 12.5. The Hall–Kier alpha value is -2.32. The van der Waals surface area contributed by atoms with E-state index in [2.05, 4.69) is 10.0 Å². The van der Waals surface area contributed by atoms with Gasteiger partial charge in [0.2, 0.25) is 10.0 Å². The van der Waals surface area contributed by atoms with Crippen LogP contribution in [0, 0.1) is 0 Å².